The minimum Gasteiger partial charge on any atom is -0.393 e. The summed E-state index contributed by atoms with van der Waals surface area (Å²) in [5, 5.41) is 3.94. The molecule has 3 N–H and O–H groups in total. The zero-order valence-corrected chi connectivity index (χ0v) is 17.4. The van der Waals surface area contributed by atoms with Crippen molar-refractivity contribution in [2.45, 2.75) is 13.8 Å². The Morgan fingerprint density at radius 2 is 1.62 bits per heavy atom. The largest absolute Gasteiger partial charge is 0.393 e. The van der Waals surface area contributed by atoms with Crippen LogP contribution in [-0.2, 0) is 0 Å². The van der Waals surface area contributed by atoms with Crippen LogP contribution in [0.4, 0.5) is 28.7 Å². The highest BCUT2D eigenvalue weighted by atomic mass is 35.5. The summed E-state index contributed by atoms with van der Waals surface area (Å²) in [5.41, 5.74) is 11.8. The van der Waals surface area contributed by atoms with Crippen LogP contribution in [0.3, 0.4) is 0 Å². The van der Waals surface area contributed by atoms with E-state index >= 15 is 0 Å². The number of aromatic nitrogens is 2. The Morgan fingerprint density at radius 1 is 0.931 bits per heavy atom. The van der Waals surface area contributed by atoms with Gasteiger partial charge in [0.05, 0.1) is 0 Å². The van der Waals surface area contributed by atoms with Crippen LogP contribution in [0.2, 0.25) is 5.02 Å². The van der Waals surface area contributed by atoms with Crippen molar-refractivity contribution in [2.75, 3.05) is 47.0 Å². The summed E-state index contributed by atoms with van der Waals surface area (Å²) in [6, 6.07) is 13.9. The quantitative estimate of drug-likeness (QED) is 0.666. The molecule has 150 valence electrons. The molecule has 0 saturated carbocycles. The van der Waals surface area contributed by atoms with Gasteiger partial charge in [0.15, 0.2) is 11.6 Å². The Bertz CT molecular complexity index is 997. The van der Waals surface area contributed by atoms with E-state index in [0.717, 1.165) is 37.7 Å². The fourth-order valence-electron chi connectivity index (χ4n) is 3.65. The fourth-order valence-corrected chi connectivity index (χ4v) is 3.77. The summed E-state index contributed by atoms with van der Waals surface area (Å²) in [5.74, 6) is 1.38. The molecule has 0 bridgehead atoms. The number of halogens is 1. The molecule has 1 aliphatic heterocycles. The van der Waals surface area contributed by atoms with E-state index in [4.69, 9.17) is 17.3 Å². The second kappa shape index (κ2) is 8.17. The molecule has 1 saturated heterocycles. The van der Waals surface area contributed by atoms with Crippen LogP contribution in [-0.4, -0.2) is 36.1 Å². The van der Waals surface area contributed by atoms with Crippen molar-refractivity contribution in [1.29, 1.82) is 0 Å². The second-order valence-electron chi connectivity index (χ2n) is 7.28. The number of hydrogen-bond donors (Lipinski definition) is 2. The highest BCUT2D eigenvalue weighted by Gasteiger charge is 2.22. The first kappa shape index (κ1) is 19.3. The second-order valence-corrected chi connectivity index (χ2v) is 7.72. The lowest BCUT2D eigenvalue weighted by Crippen LogP contribution is -2.47. The molecule has 0 aliphatic carbocycles. The van der Waals surface area contributed by atoms with Crippen LogP contribution in [0.25, 0.3) is 0 Å². The Kier molecular flexibility index (Phi) is 5.45. The molecule has 1 fully saturated rings. The molecule has 0 amide bonds. The van der Waals surface area contributed by atoms with Crippen molar-refractivity contribution >= 4 is 40.3 Å². The van der Waals surface area contributed by atoms with Gasteiger partial charge in [-0.2, -0.15) is 0 Å². The summed E-state index contributed by atoms with van der Waals surface area (Å²) in [6.45, 7) is 7.91. The molecule has 0 atom stereocenters. The normalized spacial score (nSPS) is 14.2. The molecular formula is C22H25ClN6. The number of aryl methyl sites for hydroxylation is 1. The lowest BCUT2D eigenvalue weighted by Gasteiger charge is -2.38. The van der Waals surface area contributed by atoms with E-state index in [0.29, 0.717) is 16.5 Å². The van der Waals surface area contributed by atoms with E-state index in [1.807, 2.05) is 24.3 Å². The smallest absolute Gasteiger partial charge is 0.159 e. The zero-order valence-electron chi connectivity index (χ0n) is 16.7. The number of piperazine rings is 1. The maximum atomic E-state index is 6.41. The maximum absolute atomic E-state index is 6.41. The molecule has 1 aromatic heterocycles. The van der Waals surface area contributed by atoms with Crippen LogP contribution in [0.5, 0.6) is 0 Å². The number of anilines is 5. The molecule has 2 aromatic carbocycles. The SMILES string of the molecule is Cc1cccc(N2CCN(c3ncnc(Nc4ccc(Cl)cc4)c3N)CC2)c1C. The molecule has 7 heteroatoms. The van der Waals surface area contributed by atoms with Crippen LogP contribution in [0, 0.1) is 13.8 Å². The fraction of sp³-hybridized carbons (Fsp3) is 0.273. The number of nitrogens with one attached hydrogen (secondary N) is 1. The first-order chi connectivity index (χ1) is 14.0. The van der Waals surface area contributed by atoms with Gasteiger partial charge < -0.3 is 20.9 Å². The molecule has 4 rings (SSSR count). The predicted octanol–water partition coefficient (Wildman–Crippen LogP) is 4.40. The third kappa shape index (κ3) is 4.07. The van der Waals surface area contributed by atoms with Gasteiger partial charge in [0.2, 0.25) is 0 Å². The van der Waals surface area contributed by atoms with Gasteiger partial charge >= 0.3 is 0 Å². The van der Waals surface area contributed by atoms with Gasteiger partial charge in [-0.3, -0.25) is 0 Å². The number of nitrogens with zero attached hydrogens (tertiary/aromatic N) is 4. The number of nitrogen functional groups attached to an aromatic ring is 1. The van der Waals surface area contributed by atoms with Crippen LogP contribution < -0.4 is 20.9 Å². The predicted molar refractivity (Wildman–Crippen MR) is 122 cm³/mol. The molecule has 2 heterocycles. The molecule has 0 radical (unpaired) electrons. The first-order valence-corrected chi connectivity index (χ1v) is 10.1. The molecule has 6 nitrogen and oxygen atoms in total. The van der Waals surface area contributed by atoms with E-state index in [-0.39, 0.29) is 0 Å². The number of benzene rings is 2. The van der Waals surface area contributed by atoms with Crippen LogP contribution in [0.1, 0.15) is 11.1 Å². The van der Waals surface area contributed by atoms with Crippen molar-refractivity contribution in [1.82, 2.24) is 9.97 Å². The van der Waals surface area contributed by atoms with Gasteiger partial charge in [0, 0.05) is 42.6 Å². The molecule has 0 spiro atoms. The minimum atomic E-state index is 0.558. The summed E-state index contributed by atoms with van der Waals surface area (Å²) in [7, 11) is 0. The highest BCUT2D eigenvalue weighted by Crippen LogP contribution is 2.31. The highest BCUT2D eigenvalue weighted by molar-refractivity contribution is 6.30. The number of hydrogen-bond acceptors (Lipinski definition) is 6. The third-order valence-corrected chi connectivity index (χ3v) is 5.72. The van der Waals surface area contributed by atoms with E-state index < -0.39 is 0 Å². The summed E-state index contributed by atoms with van der Waals surface area (Å²) < 4.78 is 0. The average Bonchev–Trinajstić information content (AvgIpc) is 2.73. The summed E-state index contributed by atoms with van der Waals surface area (Å²) in [6.07, 6.45) is 1.56. The Labute approximate surface area is 176 Å². The Balaban J connectivity index is 1.48. The first-order valence-electron chi connectivity index (χ1n) is 9.72. The summed E-state index contributed by atoms with van der Waals surface area (Å²) >= 11 is 5.96. The van der Waals surface area contributed by atoms with Gasteiger partial charge in [-0.05, 0) is 55.3 Å². The van der Waals surface area contributed by atoms with Crippen molar-refractivity contribution in [3.05, 3.63) is 64.9 Å². The Morgan fingerprint density at radius 3 is 2.34 bits per heavy atom. The van der Waals surface area contributed by atoms with Crippen molar-refractivity contribution in [3.63, 3.8) is 0 Å². The van der Waals surface area contributed by atoms with Crippen LogP contribution in [0.15, 0.2) is 48.8 Å². The zero-order chi connectivity index (χ0) is 20.4. The lowest BCUT2D eigenvalue weighted by atomic mass is 10.1. The topological polar surface area (TPSA) is 70.3 Å². The maximum Gasteiger partial charge on any atom is 0.159 e. The average molecular weight is 409 g/mol. The molecule has 3 aromatic rings. The Hall–Kier alpha value is -2.99. The third-order valence-electron chi connectivity index (χ3n) is 5.47. The number of rotatable bonds is 4. The van der Waals surface area contributed by atoms with Crippen LogP contribution >= 0.6 is 11.6 Å². The minimum absolute atomic E-state index is 0.558. The molecule has 1 aliphatic rings. The van der Waals surface area contributed by atoms with Crippen molar-refractivity contribution < 1.29 is 0 Å². The molecular weight excluding hydrogens is 384 g/mol. The van der Waals surface area contributed by atoms with Crippen molar-refractivity contribution in [2.24, 2.45) is 0 Å². The van der Waals surface area contributed by atoms with Gasteiger partial charge in [-0.25, -0.2) is 9.97 Å². The van der Waals surface area contributed by atoms with E-state index in [1.165, 1.54) is 16.8 Å². The lowest BCUT2D eigenvalue weighted by molar-refractivity contribution is 0.646. The van der Waals surface area contributed by atoms with Crippen molar-refractivity contribution in [3.8, 4) is 0 Å². The van der Waals surface area contributed by atoms with Gasteiger partial charge in [-0.15, -0.1) is 0 Å². The van der Waals surface area contributed by atoms with Gasteiger partial charge in [-0.1, -0.05) is 23.7 Å². The summed E-state index contributed by atoms with van der Waals surface area (Å²) in [4.78, 5) is 13.4. The molecule has 29 heavy (non-hydrogen) atoms. The van der Waals surface area contributed by atoms with E-state index in [9.17, 15) is 0 Å². The van der Waals surface area contributed by atoms with E-state index in [1.54, 1.807) is 6.33 Å². The number of nitrogens with two attached hydrogens (primary N) is 1. The van der Waals surface area contributed by atoms with E-state index in [2.05, 4.69) is 57.1 Å². The molecule has 0 unspecified atom stereocenters. The standard InChI is InChI=1S/C22H25ClN6/c1-15-4-3-5-19(16(15)2)28-10-12-29(13-11-28)22-20(24)21(25-14-26-22)27-18-8-6-17(23)7-9-18/h3-9,14H,10-13,24H2,1-2H3,(H,25,26,27). The monoisotopic (exact) mass is 408 g/mol. The van der Waals surface area contributed by atoms with Gasteiger partial charge in [0.1, 0.15) is 12.0 Å². The van der Waals surface area contributed by atoms with Gasteiger partial charge in [0.25, 0.3) is 0 Å².